The number of hydrogen-bond donors (Lipinski definition) is 2. The van der Waals surface area contributed by atoms with Gasteiger partial charge in [0.25, 0.3) is 0 Å². The Morgan fingerprint density at radius 3 is 2.35 bits per heavy atom. The minimum atomic E-state index is -3.59. The van der Waals surface area contributed by atoms with Crippen LogP contribution in [0.15, 0.2) is 83.8 Å². The van der Waals surface area contributed by atoms with Crippen molar-refractivity contribution in [2.75, 3.05) is 26.8 Å². The van der Waals surface area contributed by atoms with Gasteiger partial charge in [-0.3, -0.25) is 4.90 Å². The molecule has 2 saturated heterocycles. The van der Waals surface area contributed by atoms with Crippen LogP contribution < -0.4 is 4.72 Å². The molecule has 40 heavy (non-hydrogen) atoms. The molecule has 2 fully saturated rings. The molecule has 3 aromatic carbocycles. The standard InChI is InChI=1S/C31H38N2O6S/c1-37-22-27-6-5-17-33(27)20-28-18-30(25-13-11-24(21-34)12-14-25)39-31(38-28)26-15-9-23(10-16-26)19-32-40(35,36)29-7-3-2-4-8-29/h2-4,7-16,27-28,30-32,34H,5-6,17-22H2,1H3. The first-order chi connectivity index (χ1) is 19.4. The van der Waals surface area contributed by atoms with E-state index in [1.165, 1.54) is 0 Å². The first-order valence-corrected chi connectivity index (χ1v) is 15.3. The molecule has 2 N–H and O–H groups in total. The molecule has 0 bridgehead atoms. The van der Waals surface area contributed by atoms with Crippen LogP contribution in [0.25, 0.3) is 0 Å². The molecule has 3 aromatic rings. The summed E-state index contributed by atoms with van der Waals surface area (Å²) < 4.78 is 46.3. The average Bonchev–Trinajstić information content (AvgIpc) is 3.43. The van der Waals surface area contributed by atoms with Crippen molar-refractivity contribution >= 4 is 10.0 Å². The Morgan fingerprint density at radius 2 is 1.65 bits per heavy atom. The van der Waals surface area contributed by atoms with Crippen molar-refractivity contribution in [2.24, 2.45) is 0 Å². The van der Waals surface area contributed by atoms with Crippen LogP contribution in [0.1, 0.15) is 53.9 Å². The highest BCUT2D eigenvalue weighted by Crippen LogP contribution is 2.38. The topological polar surface area (TPSA) is 97.3 Å². The van der Waals surface area contributed by atoms with Crippen LogP contribution in [0.2, 0.25) is 0 Å². The summed E-state index contributed by atoms with van der Waals surface area (Å²) in [7, 11) is -1.84. The molecule has 0 aromatic heterocycles. The predicted molar refractivity (Wildman–Crippen MR) is 152 cm³/mol. The monoisotopic (exact) mass is 566 g/mol. The van der Waals surface area contributed by atoms with Gasteiger partial charge in [0, 0.05) is 38.2 Å². The van der Waals surface area contributed by atoms with Crippen molar-refractivity contribution in [2.45, 2.75) is 61.8 Å². The van der Waals surface area contributed by atoms with E-state index in [4.69, 9.17) is 14.2 Å². The number of aliphatic hydroxyl groups excluding tert-OH is 1. The highest BCUT2D eigenvalue weighted by Gasteiger charge is 2.35. The van der Waals surface area contributed by atoms with Gasteiger partial charge in [0.15, 0.2) is 6.29 Å². The molecule has 0 spiro atoms. The van der Waals surface area contributed by atoms with Crippen molar-refractivity contribution in [3.05, 3.63) is 101 Å². The number of nitrogens with zero attached hydrogens (tertiary/aromatic N) is 1. The Hall–Kier alpha value is -2.63. The molecule has 0 amide bonds. The minimum absolute atomic E-state index is 0.00384. The van der Waals surface area contributed by atoms with Gasteiger partial charge in [-0.25, -0.2) is 13.1 Å². The maximum absolute atomic E-state index is 12.6. The van der Waals surface area contributed by atoms with Crippen molar-refractivity contribution in [1.82, 2.24) is 9.62 Å². The third-order valence-electron chi connectivity index (χ3n) is 7.68. The van der Waals surface area contributed by atoms with Gasteiger partial charge in [-0.15, -0.1) is 0 Å². The Bertz CT molecular complexity index is 1320. The molecule has 0 aliphatic carbocycles. The second kappa shape index (κ2) is 13.4. The fourth-order valence-electron chi connectivity index (χ4n) is 5.47. The average molecular weight is 567 g/mol. The van der Waals surface area contributed by atoms with Gasteiger partial charge in [0.1, 0.15) is 0 Å². The number of aliphatic hydroxyl groups is 1. The molecule has 4 atom stereocenters. The number of nitrogens with one attached hydrogen (secondary N) is 1. The zero-order valence-corrected chi connectivity index (χ0v) is 23.6. The zero-order valence-electron chi connectivity index (χ0n) is 22.8. The number of sulfonamides is 1. The Balaban J connectivity index is 1.29. The molecule has 8 nitrogen and oxygen atoms in total. The summed E-state index contributed by atoms with van der Waals surface area (Å²) >= 11 is 0. The van der Waals surface area contributed by atoms with Crippen LogP contribution in [0.4, 0.5) is 0 Å². The molecule has 5 rings (SSSR count). The van der Waals surface area contributed by atoms with E-state index in [2.05, 4.69) is 9.62 Å². The van der Waals surface area contributed by atoms with Gasteiger partial charge in [0.2, 0.25) is 10.0 Å². The quantitative estimate of drug-likeness (QED) is 0.357. The number of methoxy groups -OCH3 is 1. The Kier molecular flexibility index (Phi) is 9.64. The van der Waals surface area contributed by atoms with Gasteiger partial charge in [-0.1, -0.05) is 66.7 Å². The maximum atomic E-state index is 12.6. The van der Waals surface area contributed by atoms with Crippen LogP contribution in [0.3, 0.4) is 0 Å². The first kappa shape index (κ1) is 28.9. The molecule has 4 unspecified atom stereocenters. The van der Waals surface area contributed by atoms with Gasteiger partial charge in [0.05, 0.1) is 30.3 Å². The molecule has 214 valence electrons. The van der Waals surface area contributed by atoms with Gasteiger partial charge >= 0.3 is 0 Å². The number of benzene rings is 3. The highest BCUT2D eigenvalue weighted by atomic mass is 32.2. The minimum Gasteiger partial charge on any atom is -0.392 e. The fourth-order valence-corrected chi connectivity index (χ4v) is 6.50. The number of ether oxygens (including phenoxy) is 3. The highest BCUT2D eigenvalue weighted by molar-refractivity contribution is 7.89. The van der Waals surface area contributed by atoms with Crippen LogP contribution in [-0.4, -0.2) is 57.4 Å². The number of likely N-dealkylation sites (tertiary alicyclic amines) is 1. The maximum Gasteiger partial charge on any atom is 0.240 e. The van der Waals surface area contributed by atoms with E-state index in [-0.39, 0.29) is 30.3 Å². The molecular formula is C31H38N2O6S. The number of rotatable bonds is 11. The molecule has 2 heterocycles. The van der Waals surface area contributed by atoms with Crippen molar-refractivity contribution in [1.29, 1.82) is 0 Å². The molecule has 9 heteroatoms. The lowest BCUT2D eigenvalue weighted by Gasteiger charge is -2.38. The smallest absolute Gasteiger partial charge is 0.240 e. The van der Waals surface area contributed by atoms with Crippen LogP contribution in [-0.2, 0) is 37.4 Å². The lowest BCUT2D eigenvalue weighted by molar-refractivity contribution is -0.253. The van der Waals surface area contributed by atoms with E-state index in [0.717, 1.165) is 54.6 Å². The second-order valence-electron chi connectivity index (χ2n) is 10.5. The van der Waals surface area contributed by atoms with E-state index < -0.39 is 16.3 Å². The van der Waals surface area contributed by atoms with Gasteiger partial charge in [-0.2, -0.15) is 0 Å². The van der Waals surface area contributed by atoms with Gasteiger partial charge in [-0.05, 0) is 48.2 Å². The van der Waals surface area contributed by atoms with Crippen molar-refractivity contribution in [3.8, 4) is 0 Å². The van der Waals surface area contributed by atoms with E-state index in [0.29, 0.717) is 12.6 Å². The summed E-state index contributed by atoms with van der Waals surface area (Å²) in [5.74, 6) is 0. The second-order valence-corrected chi connectivity index (χ2v) is 12.2. The fraction of sp³-hybridized carbons (Fsp3) is 0.419. The zero-order chi connectivity index (χ0) is 28.0. The molecule has 0 radical (unpaired) electrons. The van der Waals surface area contributed by atoms with E-state index >= 15 is 0 Å². The summed E-state index contributed by atoms with van der Waals surface area (Å²) in [6.07, 6.45) is 2.27. The van der Waals surface area contributed by atoms with E-state index in [1.54, 1.807) is 37.4 Å². The van der Waals surface area contributed by atoms with Crippen molar-refractivity contribution in [3.63, 3.8) is 0 Å². The normalized spacial score (nSPS) is 23.9. The summed E-state index contributed by atoms with van der Waals surface area (Å²) in [5.41, 5.74) is 3.64. The largest absolute Gasteiger partial charge is 0.392 e. The predicted octanol–water partition coefficient (Wildman–Crippen LogP) is 4.31. The third kappa shape index (κ3) is 7.16. The SMILES string of the molecule is COCC1CCCN1CC1CC(c2ccc(CO)cc2)OC(c2ccc(CNS(=O)(=O)c3ccccc3)cc2)O1. The Morgan fingerprint density at radius 1 is 0.950 bits per heavy atom. The van der Waals surface area contributed by atoms with Gasteiger partial charge < -0.3 is 19.3 Å². The molecule has 0 saturated carbocycles. The summed E-state index contributed by atoms with van der Waals surface area (Å²) in [5, 5.41) is 9.46. The third-order valence-corrected chi connectivity index (χ3v) is 9.10. The van der Waals surface area contributed by atoms with Crippen LogP contribution >= 0.6 is 0 Å². The van der Waals surface area contributed by atoms with Crippen molar-refractivity contribution < 1.29 is 27.7 Å². The van der Waals surface area contributed by atoms with Crippen LogP contribution in [0, 0.1) is 0 Å². The molecule has 2 aliphatic rings. The van der Waals surface area contributed by atoms with Crippen LogP contribution in [0.5, 0.6) is 0 Å². The lowest BCUT2D eigenvalue weighted by Crippen LogP contribution is -2.42. The van der Waals surface area contributed by atoms with E-state index in [1.807, 2.05) is 48.5 Å². The Labute approximate surface area is 236 Å². The summed E-state index contributed by atoms with van der Waals surface area (Å²) in [4.78, 5) is 2.70. The lowest BCUT2D eigenvalue weighted by atomic mass is 9.99. The summed E-state index contributed by atoms with van der Waals surface area (Å²) in [6.45, 7) is 2.74. The number of hydrogen-bond acceptors (Lipinski definition) is 7. The van der Waals surface area contributed by atoms with E-state index in [9.17, 15) is 13.5 Å². The first-order valence-electron chi connectivity index (χ1n) is 13.8. The molecular weight excluding hydrogens is 528 g/mol. The molecule has 2 aliphatic heterocycles. The summed E-state index contributed by atoms with van der Waals surface area (Å²) in [6, 6.07) is 24.3.